The van der Waals surface area contributed by atoms with Crippen LogP contribution in [0, 0.1) is 0 Å². The predicted molar refractivity (Wildman–Crippen MR) is 88.0 cm³/mol. The van der Waals surface area contributed by atoms with E-state index >= 15 is 0 Å². The van der Waals surface area contributed by atoms with Crippen molar-refractivity contribution in [2.75, 3.05) is 18.0 Å². The highest BCUT2D eigenvalue weighted by Crippen LogP contribution is 2.25. The minimum absolute atomic E-state index is 0.0690. The number of pyridine rings is 1. The van der Waals surface area contributed by atoms with Crippen molar-refractivity contribution in [3.05, 3.63) is 60.4 Å². The third kappa shape index (κ3) is 2.82. The minimum atomic E-state index is 0.0690. The van der Waals surface area contributed by atoms with Crippen molar-refractivity contribution in [3.8, 4) is 0 Å². The van der Waals surface area contributed by atoms with Gasteiger partial charge in [0.1, 0.15) is 0 Å². The molecule has 4 heteroatoms. The molecule has 1 aliphatic rings. The van der Waals surface area contributed by atoms with Gasteiger partial charge in [-0.25, -0.2) is 0 Å². The molecule has 1 saturated heterocycles. The van der Waals surface area contributed by atoms with Gasteiger partial charge in [-0.15, -0.1) is 0 Å². The Bertz CT molecular complexity index is 617. The van der Waals surface area contributed by atoms with Gasteiger partial charge in [0.05, 0.1) is 5.56 Å². The minimum Gasteiger partial charge on any atom is -0.363 e. The Balaban J connectivity index is 1.77. The number of para-hydroxylation sites is 1. The number of hydrogen-bond acceptors (Lipinski definition) is 3. The van der Waals surface area contributed by atoms with Gasteiger partial charge in [-0.1, -0.05) is 18.2 Å². The molecule has 0 spiro atoms. The van der Waals surface area contributed by atoms with E-state index in [1.165, 1.54) is 5.69 Å². The number of carbonyl (C=O) groups is 1. The summed E-state index contributed by atoms with van der Waals surface area (Å²) < 4.78 is 0. The predicted octanol–water partition coefficient (Wildman–Crippen LogP) is 2.82. The van der Waals surface area contributed by atoms with Crippen LogP contribution in [0.3, 0.4) is 0 Å². The third-order valence-corrected chi connectivity index (χ3v) is 4.17. The van der Waals surface area contributed by atoms with E-state index in [0.717, 1.165) is 13.1 Å². The molecule has 0 saturated carbocycles. The number of carbonyl (C=O) groups excluding carboxylic acids is 1. The summed E-state index contributed by atoms with van der Waals surface area (Å²) in [6.45, 7) is 5.80. The summed E-state index contributed by atoms with van der Waals surface area (Å²) in [6.07, 6.45) is 3.33. The highest BCUT2D eigenvalue weighted by atomic mass is 16.2. The van der Waals surface area contributed by atoms with Crippen LogP contribution >= 0.6 is 0 Å². The van der Waals surface area contributed by atoms with Crippen molar-refractivity contribution in [2.24, 2.45) is 0 Å². The van der Waals surface area contributed by atoms with Gasteiger partial charge in [0, 0.05) is 43.3 Å². The largest absolute Gasteiger partial charge is 0.363 e. The van der Waals surface area contributed by atoms with Gasteiger partial charge in [0.25, 0.3) is 5.91 Å². The van der Waals surface area contributed by atoms with Crippen LogP contribution in [0.2, 0.25) is 0 Å². The molecule has 1 amide bonds. The molecule has 1 fully saturated rings. The number of amides is 1. The topological polar surface area (TPSA) is 36.4 Å². The Labute approximate surface area is 131 Å². The molecular formula is C18H21N3O. The molecule has 22 heavy (non-hydrogen) atoms. The fraction of sp³-hybridized carbons (Fsp3) is 0.333. The maximum atomic E-state index is 12.6. The molecule has 1 aliphatic heterocycles. The van der Waals surface area contributed by atoms with Crippen molar-refractivity contribution >= 4 is 11.6 Å². The van der Waals surface area contributed by atoms with E-state index in [0.29, 0.717) is 5.56 Å². The summed E-state index contributed by atoms with van der Waals surface area (Å²) in [5.41, 5.74) is 1.88. The zero-order valence-electron chi connectivity index (χ0n) is 13.0. The molecular weight excluding hydrogens is 274 g/mol. The molecule has 2 unspecified atom stereocenters. The number of piperazine rings is 1. The van der Waals surface area contributed by atoms with Gasteiger partial charge in [0.15, 0.2) is 0 Å². The molecule has 2 atom stereocenters. The van der Waals surface area contributed by atoms with Crippen LogP contribution in [0.4, 0.5) is 5.69 Å². The van der Waals surface area contributed by atoms with Crippen molar-refractivity contribution < 1.29 is 4.79 Å². The maximum absolute atomic E-state index is 12.6. The van der Waals surface area contributed by atoms with E-state index < -0.39 is 0 Å². The van der Waals surface area contributed by atoms with Crippen LogP contribution < -0.4 is 4.90 Å². The van der Waals surface area contributed by atoms with Crippen molar-refractivity contribution in [2.45, 2.75) is 25.9 Å². The summed E-state index contributed by atoms with van der Waals surface area (Å²) in [6, 6.07) is 14.6. The first-order chi connectivity index (χ1) is 10.7. The van der Waals surface area contributed by atoms with E-state index in [1.54, 1.807) is 18.5 Å². The lowest BCUT2D eigenvalue weighted by molar-refractivity contribution is 0.0700. The van der Waals surface area contributed by atoms with E-state index in [-0.39, 0.29) is 18.0 Å². The molecule has 0 aliphatic carbocycles. The Morgan fingerprint density at radius 2 is 1.73 bits per heavy atom. The summed E-state index contributed by atoms with van der Waals surface area (Å²) in [4.78, 5) is 21.0. The van der Waals surface area contributed by atoms with E-state index in [4.69, 9.17) is 0 Å². The maximum Gasteiger partial charge on any atom is 0.255 e. The second-order valence-electron chi connectivity index (χ2n) is 5.89. The lowest BCUT2D eigenvalue weighted by Gasteiger charge is -2.45. The summed E-state index contributed by atoms with van der Waals surface area (Å²) >= 11 is 0. The van der Waals surface area contributed by atoms with Crippen molar-refractivity contribution in [3.63, 3.8) is 0 Å². The Morgan fingerprint density at radius 3 is 2.32 bits per heavy atom. The van der Waals surface area contributed by atoms with E-state index in [2.05, 4.69) is 48.0 Å². The first kappa shape index (κ1) is 14.6. The highest BCUT2D eigenvalue weighted by Gasteiger charge is 2.32. The van der Waals surface area contributed by atoms with Gasteiger partial charge in [-0.05, 0) is 38.1 Å². The monoisotopic (exact) mass is 295 g/mol. The van der Waals surface area contributed by atoms with E-state index in [9.17, 15) is 4.79 Å². The zero-order chi connectivity index (χ0) is 15.5. The molecule has 0 bridgehead atoms. The SMILES string of the molecule is CC1CN(C(=O)c2cccnc2)CC(C)N1c1ccccc1. The zero-order valence-corrected chi connectivity index (χ0v) is 13.0. The highest BCUT2D eigenvalue weighted by molar-refractivity contribution is 5.94. The van der Waals surface area contributed by atoms with Gasteiger partial charge in [0.2, 0.25) is 0 Å². The second kappa shape index (κ2) is 6.18. The molecule has 0 radical (unpaired) electrons. The van der Waals surface area contributed by atoms with Crippen LogP contribution in [-0.4, -0.2) is 41.0 Å². The summed E-state index contributed by atoms with van der Waals surface area (Å²) in [5.74, 6) is 0.0690. The molecule has 0 N–H and O–H groups in total. The van der Waals surface area contributed by atoms with Gasteiger partial charge >= 0.3 is 0 Å². The average molecular weight is 295 g/mol. The summed E-state index contributed by atoms with van der Waals surface area (Å²) in [7, 11) is 0. The molecule has 4 nitrogen and oxygen atoms in total. The first-order valence-corrected chi connectivity index (χ1v) is 7.69. The standard InChI is InChI=1S/C18H21N3O/c1-14-12-20(18(22)16-7-6-10-19-11-16)13-15(2)21(14)17-8-4-3-5-9-17/h3-11,14-15H,12-13H2,1-2H3. The van der Waals surface area contributed by atoms with Crippen LogP contribution in [0.5, 0.6) is 0 Å². The number of aromatic nitrogens is 1. The van der Waals surface area contributed by atoms with E-state index in [1.807, 2.05) is 17.0 Å². The quantitative estimate of drug-likeness (QED) is 0.855. The Kier molecular flexibility index (Phi) is 4.09. The second-order valence-corrected chi connectivity index (χ2v) is 5.89. The smallest absolute Gasteiger partial charge is 0.255 e. The molecule has 114 valence electrons. The lowest BCUT2D eigenvalue weighted by Crippen LogP contribution is -2.58. The number of anilines is 1. The fourth-order valence-corrected chi connectivity index (χ4v) is 3.27. The molecule has 1 aromatic heterocycles. The fourth-order valence-electron chi connectivity index (χ4n) is 3.27. The number of benzene rings is 1. The average Bonchev–Trinajstić information content (AvgIpc) is 2.55. The van der Waals surface area contributed by atoms with Crippen LogP contribution in [0.1, 0.15) is 24.2 Å². The number of hydrogen-bond donors (Lipinski definition) is 0. The first-order valence-electron chi connectivity index (χ1n) is 7.69. The van der Waals surface area contributed by atoms with Crippen molar-refractivity contribution in [1.82, 2.24) is 9.88 Å². The summed E-state index contributed by atoms with van der Waals surface area (Å²) in [5, 5.41) is 0. The van der Waals surface area contributed by atoms with Crippen LogP contribution in [0.15, 0.2) is 54.9 Å². The van der Waals surface area contributed by atoms with Crippen molar-refractivity contribution in [1.29, 1.82) is 0 Å². The molecule has 2 heterocycles. The number of rotatable bonds is 2. The molecule has 3 rings (SSSR count). The Morgan fingerprint density at radius 1 is 1.05 bits per heavy atom. The molecule has 2 aromatic rings. The third-order valence-electron chi connectivity index (χ3n) is 4.17. The normalized spacial score (nSPS) is 21.7. The van der Waals surface area contributed by atoms with Crippen LogP contribution in [-0.2, 0) is 0 Å². The number of nitrogens with zero attached hydrogens (tertiary/aromatic N) is 3. The lowest BCUT2D eigenvalue weighted by atomic mass is 10.1. The van der Waals surface area contributed by atoms with Crippen LogP contribution in [0.25, 0.3) is 0 Å². The Hall–Kier alpha value is -2.36. The van der Waals surface area contributed by atoms with Gasteiger partial charge < -0.3 is 9.80 Å². The van der Waals surface area contributed by atoms with Gasteiger partial charge in [-0.3, -0.25) is 9.78 Å². The molecule has 1 aromatic carbocycles. The van der Waals surface area contributed by atoms with Gasteiger partial charge in [-0.2, -0.15) is 0 Å².